The molecule has 5 nitrogen and oxygen atoms in total. The number of hydrogen-bond acceptors (Lipinski definition) is 5. The van der Waals surface area contributed by atoms with Crippen molar-refractivity contribution in [3.05, 3.63) is 66.2 Å². The van der Waals surface area contributed by atoms with Crippen molar-refractivity contribution in [1.29, 1.82) is 5.26 Å². The Morgan fingerprint density at radius 2 is 1.78 bits per heavy atom. The van der Waals surface area contributed by atoms with Crippen LogP contribution in [0, 0.1) is 11.3 Å². The van der Waals surface area contributed by atoms with Crippen LogP contribution in [0.15, 0.2) is 60.7 Å². The van der Waals surface area contributed by atoms with Crippen LogP contribution in [-0.2, 0) is 0 Å². The molecule has 1 N–H and O–H groups in total. The van der Waals surface area contributed by atoms with E-state index in [4.69, 9.17) is 10.2 Å². The van der Waals surface area contributed by atoms with Gasteiger partial charge >= 0.3 is 0 Å². The molecule has 0 atom stereocenters. The molecule has 0 fully saturated rings. The summed E-state index contributed by atoms with van der Waals surface area (Å²) in [6, 6.07) is 21.5. The molecule has 5 heteroatoms. The molecule has 0 radical (unpaired) electrons. The number of nitrogens with zero attached hydrogens (tertiary/aromatic N) is 4. The van der Waals surface area contributed by atoms with Crippen LogP contribution in [0.1, 0.15) is 25.3 Å². The molecule has 136 valence electrons. The van der Waals surface area contributed by atoms with E-state index in [2.05, 4.69) is 35.2 Å². The van der Waals surface area contributed by atoms with Gasteiger partial charge in [0.05, 0.1) is 17.3 Å². The van der Waals surface area contributed by atoms with E-state index in [1.165, 1.54) is 0 Å². The predicted octanol–water partition coefficient (Wildman–Crippen LogP) is 5.00. The summed E-state index contributed by atoms with van der Waals surface area (Å²) in [7, 11) is 2.05. The van der Waals surface area contributed by atoms with E-state index in [9.17, 15) is 0 Å². The largest absolute Gasteiger partial charge is 0.359 e. The summed E-state index contributed by atoms with van der Waals surface area (Å²) in [5.74, 6) is 1.42. The molecule has 3 rings (SSSR count). The Morgan fingerprint density at radius 1 is 1.04 bits per heavy atom. The van der Waals surface area contributed by atoms with Crippen molar-refractivity contribution in [3.63, 3.8) is 0 Å². The van der Waals surface area contributed by atoms with Gasteiger partial charge in [-0.1, -0.05) is 43.7 Å². The van der Waals surface area contributed by atoms with E-state index in [0.29, 0.717) is 11.5 Å². The number of aromatic nitrogens is 2. The van der Waals surface area contributed by atoms with E-state index < -0.39 is 0 Å². The lowest BCUT2D eigenvalue weighted by atomic mass is 10.1. The van der Waals surface area contributed by atoms with Crippen molar-refractivity contribution >= 4 is 17.5 Å². The molecular formula is C22H23N5. The molecule has 0 spiro atoms. The van der Waals surface area contributed by atoms with Crippen molar-refractivity contribution in [3.8, 4) is 17.3 Å². The van der Waals surface area contributed by atoms with E-state index in [0.717, 1.165) is 42.1 Å². The van der Waals surface area contributed by atoms with Gasteiger partial charge in [0.25, 0.3) is 0 Å². The molecule has 0 aliphatic rings. The first kappa shape index (κ1) is 18.4. The van der Waals surface area contributed by atoms with Gasteiger partial charge < -0.3 is 10.2 Å². The van der Waals surface area contributed by atoms with Crippen LogP contribution in [-0.4, -0.2) is 23.6 Å². The Morgan fingerprint density at radius 3 is 2.44 bits per heavy atom. The van der Waals surface area contributed by atoms with Gasteiger partial charge in [-0.2, -0.15) is 10.2 Å². The summed E-state index contributed by atoms with van der Waals surface area (Å²) >= 11 is 0. The molecule has 2 aromatic carbocycles. The smallest absolute Gasteiger partial charge is 0.229 e. The van der Waals surface area contributed by atoms with Gasteiger partial charge in [-0.25, -0.2) is 4.98 Å². The number of anilines is 3. The third kappa shape index (κ3) is 4.83. The molecule has 27 heavy (non-hydrogen) atoms. The second kappa shape index (κ2) is 8.81. The second-order valence-corrected chi connectivity index (χ2v) is 6.39. The number of nitriles is 1. The quantitative estimate of drug-likeness (QED) is 0.645. The van der Waals surface area contributed by atoms with Crippen LogP contribution < -0.4 is 10.2 Å². The number of rotatable bonds is 7. The summed E-state index contributed by atoms with van der Waals surface area (Å²) in [4.78, 5) is 11.5. The Bertz CT molecular complexity index is 914. The maximum atomic E-state index is 8.95. The van der Waals surface area contributed by atoms with E-state index in [-0.39, 0.29) is 0 Å². The van der Waals surface area contributed by atoms with Crippen molar-refractivity contribution < 1.29 is 0 Å². The highest BCUT2D eigenvalue weighted by Gasteiger charge is 2.10. The third-order valence-electron chi connectivity index (χ3n) is 4.29. The third-order valence-corrected chi connectivity index (χ3v) is 4.29. The fourth-order valence-corrected chi connectivity index (χ4v) is 2.71. The first-order valence-corrected chi connectivity index (χ1v) is 9.12. The highest BCUT2D eigenvalue weighted by atomic mass is 15.2. The van der Waals surface area contributed by atoms with Gasteiger partial charge in [0, 0.05) is 30.9 Å². The first-order valence-electron chi connectivity index (χ1n) is 9.12. The molecule has 0 aliphatic heterocycles. The van der Waals surface area contributed by atoms with Crippen LogP contribution >= 0.6 is 0 Å². The highest BCUT2D eigenvalue weighted by molar-refractivity contribution is 5.66. The van der Waals surface area contributed by atoms with Crippen LogP contribution in [0.5, 0.6) is 0 Å². The number of nitrogens with one attached hydrogen (secondary N) is 1. The molecule has 0 amide bonds. The van der Waals surface area contributed by atoms with Crippen molar-refractivity contribution in [2.45, 2.75) is 19.8 Å². The number of hydrogen-bond donors (Lipinski definition) is 1. The fourth-order valence-electron chi connectivity index (χ4n) is 2.71. The Kier molecular flexibility index (Phi) is 6.01. The maximum Gasteiger partial charge on any atom is 0.229 e. The fraction of sp³-hybridized carbons (Fsp3) is 0.227. The predicted molar refractivity (Wildman–Crippen MR) is 110 cm³/mol. The van der Waals surface area contributed by atoms with Crippen molar-refractivity contribution in [2.75, 3.05) is 23.8 Å². The van der Waals surface area contributed by atoms with E-state index in [1.807, 2.05) is 48.5 Å². The van der Waals surface area contributed by atoms with Crippen molar-refractivity contribution in [1.82, 2.24) is 9.97 Å². The Hall–Kier alpha value is -3.39. The van der Waals surface area contributed by atoms with E-state index >= 15 is 0 Å². The van der Waals surface area contributed by atoms with Gasteiger partial charge in [-0.05, 0) is 30.7 Å². The second-order valence-electron chi connectivity index (χ2n) is 6.39. The minimum Gasteiger partial charge on any atom is -0.359 e. The maximum absolute atomic E-state index is 8.95. The van der Waals surface area contributed by atoms with Gasteiger partial charge in [-0.3, -0.25) is 0 Å². The van der Waals surface area contributed by atoms with Gasteiger partial charge in [0.2, 0.25) is 5.95 Å². The molecular weight excluding hydrogens is 334 g/mol. The lowest BCUT2D eigenvalue weighted by Gasteiger charge is -2.19. The molecule has 1 heterocycles. The molecule has 3 aromatic rings. The molecule has 0 aliphatic carbocycles. The zero-order valence-corrected chi connectivity index (χ0v) is 15.7. The summed E-state index contributed by atoms with van der Waals surface area (Å²) in [6.45, 7) is 3.12. The number of unbranched alkanes of at least 4 members (excludes halogenated alkanes) is 1. The summed E-state index contributed by atoms with van der Waals surface area (Å²) < 4.78 is 0. The van der Waals surface area contributed by atoms with Crippen LogP contribution in [0.3, 0.4) is 0 Å². The summed E-state index contributed by atoms with van der Waals surface area (Å²) in [6.07, 6.45) is 2.25. The average Bonchev–Trinajstić information content (AvgIpc) is 2.73. The zero-order valence-electron chi connectivity index (χ0n) is 15.7. The van der Waals surface area contributed by atoms with Gasteiger partial charge in [0.1, 0.15) is 5.82 Å². The van der Waals surface area contributed by atoms with Gasteiger partial charge in [-0.15, -0.1) is 0 Å². The molecule has 0 saturated heterocycles. The Labute approximate surface area is 160 Å². The van der Waals surface area contributed by atoms with E-state index in [1.54, 1.807) is 12.1 Å². The van der Waals surface area contributed by atoms with Crippen LogP contribution in [0.4, 0.5) is 17.5 Å². The lowest BCUT2D eigenvalue weighted by molar-refractivity contribution is 0.759. The molecule has 1 aromatic heterocycles. The average molecular weight is 357 g/mol. The minimum atomic E-state index is 0.541. The minimum absolute atomic E-state index is 0.541. The monoisotopic (exact) mass is 357 g/mol. The van der Waals surface area contributed by atoms with Crippen molar-refractivity contribution in [2.24, 2.45) is 0 Å². The SMILES string of the molecule is CCCCN(C)c1cc(-c2ccccc2)nc(Nc2ccc(C#N)cc2)n1. The first-order chi connectivity index (χ1) is 13.2. The Balaban J connectivity index is 1.94. The zero-order chi connectivity index (χ0) is 19.1. The number of benzene rings is 2. The normalized spacial score (nSPS) is 10.3. The summed E-state index contributed by atoms with van der Waals surface area (Å²) in [5.41, 5.74) is 3.40. The molecule has 0 unspecified atom stereocenters. The molecule has 0 saturated carbocycles. The highest BCUT2D eigenvalue weighted by Crippen LogP contribution is 2.24. The molecule has 0 bridgehead atoms. The standard InChI is InChI=1S/C22H23N5/c1-3-4-14-27(2)21-15-20(18-8-6-5-7-9-18)25-22(26-21)24-19-12-10-17(16-23)11-13-19/h5-13,15H,3-4,14H2,1-2H3,(H,24,25,26). The van der Waals surface area contributed by atoms with Gasteiger partial charge in [0.15, 0.2) is 0 Å². The summed E-state index contributed by atoms with van der Waals surface area (Å²) in [5, 5.41) is 12.2. The lowest BCUT2D eigenvalue weighted by Crippen LogP contribution is -2.20. The van der Waals surface area contributed by atoms with Crippen LogP contribution in [0.25, 0.3) is 11.3 Å². The van der Waals surface area contributed by atoms with Crippen LogP contribution in [0.2, 0.25) is 0 Å². The topological polar surface area (TPSA) is 64.8 Å².